The Balaban J connectivity index is 2.25. The maximum Gasteiger partial charge on any atom is 0.166 e. The predicted octanol–water partition coefficient (Wildman–Crippen LogP) is 0.0832. The summed E-state index contributed by atoms with van der Waals surface area (Å²) in [7, 11) is 1.62. The Morgan fingerprint density at radius 1 is 1.70 bits per heavy atom. The van der Waals surface area contributed by atoms with Crippen LogP contribution >= 0.6 is 11.8 Å². The largest absolute Gasteiger partial charge is 0.394 e. The normalized spacial score (nSPS) is 34.2. The highest BCUT2D eigenvalue weighted by Crippen LogP contribution is 2.17. The highest BCUT2D eigenvalue weighted by molar-refractivity contribution is 7.99. The number of hydrogen-bond acceptors (Lipinski definition) is 4. The topological polar surface area (TPSA) is 38.7 Å². The standard InChI is InChI=1S/C6H12O3S/c1-8-6-4-10-3-5(2-7)9-6/h5-7H,2-4H2,1H3/t5-,6-/m0/s1. The minimum atomic E-state index is -0.129. The molecule has 0 spiro atoms. The van der Waals surface area contributed by atoms with Crippen molar-refractivity contribution in [3.8, 4) is 0 Å². The summed E-state index contributed by atoms with van der Waals surface area (Å²) in [5, 5.41) is 8.71. The molecular weight excluding hydrogens is 152 g/mol. The molecule has 1 rings (SSSR count). The van der Waals surface area contributed by atoms with Crippen molar-refractivity contribution in [2.24, 2.45) is 0 Å². The highest BCUT2D eigenvalue weighted by Gasteiger charge is 2.21. The molecule has 0 aliphatic carbocycles. The summed E-state index contributed by atoms with van der Waals surface area (Å²) in [5.41, 5.74) is 0. The second kappa shape index (κ2) is 4.18. The molecule has 1 fully saturated rings. The number of aliphatic hydroxyl groups excluding tert-OH is 1. The first kappa shape index (κ1) is 8.33. The molecule has 2 atom stereocenters. The van der Waals surface area contributed by atoms with Gasteiger partial charge in [-0.1, -0.05) is 0 Å². The summed E-state index contributed by atoms with van der Waals surface area (Å²) < 4.78 is 10.3. The first-order valence-corrected chi connectivity index (χ1v) is 4.39. The van der Waals surface area contributed by atoms with E-state index in [-0.39, 0.29) is 19.0 Å². The van der Waals surface area contributed by atoms with Gasteiger partial charge in [0, 0.05) is 18.6 Å². The Bertz CT molecular complexity index is 89.0. The average Bonchev–Trinajstić information content (AvgIpc) is 2.05. The smallest absolute Gasteiger partial charge is 0.166 e. The number of ether oxygens (including phenoxy) is 2. The van der Waals surface area contributed by atoms with Crippen LogP contribution in [0.25, 0.3) is 0 Å². The quantitative estimate of drug-likeness (QED) is 0.627. The van der Waals surface area contributed by atoms with Gasteiger partial charge in [-0.25, -0.2) is 0 Å². The zero-order valence-corrected chi connectivity index (χ0v) is 6.76. The average molecular weight is 164 g/mol. The van der Waals surface area contributed by atoms with Crippen LogP contribution in [-0.2, 0) is 9.47 Å². The van der Waals surface area contributed by atoms with E-state index in [1.165, 1.54) is 0 Å². The molecule has 1 aliphatic heterocycles. The molecule has 1 N–H and O–H groups in total. The van der Waals surface area contributed by atoms with Crippen molar-refractivity contribution < 1.29 is 14.6 Å². The van der Waals surface area contributed by atoms with Gasteiger partial charge in [0.1, 0.15) is 0 Å². The summed E-state index contributed by atoms with van der Waals surface area (Å²) >= 11 is 1.75. The third kappa shape index (κ3) is 2.12. The molecule has 10 heavy (non-hydrogen) atoms. The molecule has 0 aromatic carbocycles. The minimum absolute atomic E-state index is 0.0382. The first-order chi connectivity index (χ1) is 4.86. The van der Waals surface area contributed by atoms with Gasteiger partial charge < -0.3 is 14.6 Å². The number of rotatable bonds is 2. The van der Waals surface area contributed by atoms with Crippen molar-refractivity contribution >= 4 is 11.8 Å². The van der Waals surface area contributed by atoms with Gasteiger partial charge in [0.25, 0.3) is 0 Å². The van der Waals surface area contributed by atoms with Gasteiger partial charge in [-0.2, -0.15) is 11.8 Å². The van der Waals surface area contributed by atoms with Crippen molar-refractivity contribution in [1.82, 2.24) is 0 Å². The lowest BCUT2D eigenvalue weighted by Gasteiger charge is -2.27. The summed E-state index contributed by atoms with van der Waals surface area (Å²) in [4.78, 5) is 0. The lowest BCUT2D eigenvalue weighted by molar-refractivity contribution is -0.148. The van der Waals surface area contributed by atoms with Gasteiger partial charge in [0.15, 0.2) is 6.29 Å². The predicted molar refractivity (Wildman–Crippen MR) is 40.1 cm³/mol. The van der Waals surface area contributed by atoms with Gasteiger partial charge >= 0.3 is 0 Å². The Morgan fingerprint density at radius 3 is 3.10 bits per heavy atom. The second-order valence-corrected chi connectivity index (χ2v) is 3.22. The summed E-state index contributed by atoms with van der Waals surface area (Å²) in [6.07, 6.45) is -0.167. The highest BCUT2D eigenvalue weighted by atomic mass is 32.2. The van der Waals surface area contributed by atoms with Crippen LogP contribution in [0.3, 0.4) is 0 Å². The number of thioether (sulfide) groups is 1. The van der Waals surface area contributed by atoms with E-state index in [1.54, 1.807) is 18.9 Å². The van der Waals surface area contributed by atoms with Gasteiger partial charge in [0.2, 0.25) is 0 Å². The van der Waals surface area contributed by atoms with Crippen LogP contribution in [0.15, 0.2) is 0 Å². The Kier molecular flexibility index (Phi) is 3.48. The van der Waals surface area contributed by atoms with E-state index in [0.717, 1.165) is 11.5 Å². The van der Waals surface area contributed by atoms with Crippen LogP contribution in [0.2, 0.25) is 0 Å². The van der Waals surface area contributed by atoms with E-state index >= 15 is 0 Å². The van der Waals surface area contributed by atoms with E-state index < -0.39 is 0 Å². The van der Waals surface area contributed by atoms with Crippen molar-refractivity contribution in [3.63, 3.8) is 0 Å². The molecule has 0 saturated carbocycles. The summed E-state index contributed by atoms with van der Waals surface area (Å²) in [6.45, 7) is 0.0901. The Labute approximate surface area is 64.7 Å². The molecule has 0 unspecified atom stereocenters. The Hall–Kier alpha value is 0.230. The first-order valence-electron chi connectivity index (χ1n) is 3.23. The van der Waals surface area contributed by atoms with Crippen LogP contribution in [0.1, 0.15) is 0 Å². The molecule has 0 bridgehead atoms. The number of aliphatic hydroxyl groups is 1. The van der Waals surface area contributed by atoms with Crippen molar-refractivity contribution in [2.75, 3.05) is 25.2 Å². The molecule has 1 heterocycles. The van der Waals surface area contributed by atoms with Gasteiger partial charge in [0.05, 0.1) is 12.7 Å². The second-order valence-electron chi connectivity index (χ2n) is 2.14. The molecule has 1 saturated heterocycles. The van der Waals surface area contributed by atoms with Crippen LogP contribution in [0.5, 0.6) is 0 Å². The van der Waals surface area contributed by atoms with Crippen LogP contribution < -0.4 is 0 Å². The van der Waals surface area contributed by atoms with Crippen molar-refractivity contribution in [1.29, 1.82) is 0 Å². The van der Waals surface area contributed by atoms with Gasteiger partial charge in [-0.05, 0) is 0 Å². The molecule has 60 valence electrons. The molecule has 0 amide bonds. The van der Waals surface area contributed by atoms with E-state index in [4.69, 9.17) is 14.6 Å². The fourth-order valence-corrected chi connectivity index (χ4v) is 1.80. The third-order valence-corrected chi connectivity index (χ3v) is 2.48. The molecule has 0 aromatic heterocycles. The van der Waals surface area contributed by atoms with Gasteiger partial charge in [-0.3, -0.25) is 0 Å². The van der Waals surface area contributed by atoms with E-state index in [2.05, 4.69) is 0 Å². The van der Waals surface area contributed by atoms with Crippen molar-refractivity contribution in [2.45, 2.75) is 12.4 Å². The molecule has 0 radical (unpaired) electrons. The monoisotopic (exact) mass is 164 g/mol. The SMILES string of the molecule is CO[C@@H]1CSC[C@H](CO)O1. The number of methoxy groups -OCH3 is 1. The third-order valence-electron chi connectivity index (χ3n) is 1.37. The lowest BCUT2D eigenvalue weighted by Crippen LogP contribution is -2.34. The van der Waals surface area contributed by atoms with E-state index in [1.807, 2.05) is 0 Å². The minimum Gasteiger partial charge on any atom is -0.394 e. The molecule has 0 aromatic rings. The zero-order chi connectivity index (χ0) is 7.40. The fourth-order valence-electron chi connectivity index (χ4n) is 0.808. The van der Waals surface area contributed by atoms with Crippen molar-refractivity contribution in [3.05, 3.63) is 0 Å². The van der Waals surface area contributed by atoms with Crippen LogP contribution in [-0.4, -0.2) is 42.7 Å². The lowest BCUT2D eigenvalue weighted by atomic mass is 10.4. The zero-order valence-electron chi connectivity index (χ0n) is 5.95. The molecule has 4 heteroatoms. The number of hydrogen-bond donors (Lipinski definition) is 1. The van der Waals surface area contributed by atoms with E-state index in [0.29, 0.717) is 0 Å². The summed E-state index contributed by atoms with van der Waals surface area (Å²) in [5.74, 6) is 1.74. The molecule has 1 aliphatic rings. The van der Waals surface area contributed by atoms with Crippen LogP contribution in [0.4, 0.5) is 0 Å². The summed E-state index contributed by atoms with van der Waals surface area (Å²) in [6, 6.07) is 0. The maximum absolute atomic E-state index is 8.71. The van der Waals surface area contributed by atoms with Crippen LogP contribution in [0, 0.1) is 0 Å². The maximum atomic E-state index is 8.71. The Morgan fingerprint density at radius 2 is 2.50 bits per heavy atom. The molecule has 3 nitrogen and oxygen atoms in total. The van der Waals surface area contributed by atoms with E-state index in [9.17, 15) is 0 Å². The molecular formula is C6H12O3S. The fraction of sp³-hybridized carbons (Fsp3) is 1.00. The van der Waals surface area contributed by atoms with Gasteiger partial charge in [-0.15, -0.1) is 0 Å².